The Kier molecular flexibility index (Phi) is 3.31. The van der Waals surface area contributed by atoms with Crippen LogP contribution in [0.1, 0.15) is 25.7 Å². The summed E-state index contributed by atoms with van der Waals surface area (Å²) in [5.74, 6) is 0.811. The smallest absolute Gasteiger partial charge is 0.266 e. The van der Waals surface area contributed by atoms with Crippen molar-refractivity contribution in [3.63, 3.8) is 0 Å². The van der Waals surface area contributed by atoms with Crippen LogP contribution >= 0.6 is 22.6 Å². The number of halogens is 1. The van der Waals surface area contributed by atoms with Crippen molar-refractivity contribution in [1.82, 2.24) is 15.3 Å². The van der Waals surface area contributed by atoms with Crippen LogP contribution in [0.5, 0.6) is 0 Å². The third-order valence-electron chi connectivity index (χ3n) is 4.11. The van der Waals surface area contributed by atoms with E-state index in [9.17, 15) is 4.79 Å². The first-order valence-electron chi connectivity index (χ1n) is 6.37. The molecular formula is C12H17IN4O. The summed E-state index contributed by atoms with van der Waals surface area (Å²) in [6.07, 6.45) is 6.37. The molecule has 2 bridgehead atoms. The second-order valence-corrected chi connectivity index (χ2v) is 6.32. The molecule has 0 saturated carbocycles. The molecule has 3 heterocycles. The fourth-order valence-corrected chi connectivity index (χ4v) is 3.81. The summed E-state index contributed by atoms with van der Waals surface area (Å²) in [5.41, 5.74) is -0.0515. The molecule has 2 aliphatic heterocycles. The largest absolute Gasteiger partial charge is 0.355 e. The zero-order chi connectivity index (χ0) is 12.7. The van der Waals surface area contributed by atoms with Gasteiger partial charge in [-0.2, -0.15) is 0 Å². The maximum atomic E-state index is 11.6. The molecule has 1 aromatic rings. The Hall–Kier alpha value is -0.630. The molecule has 98 valence electrons. The van der Waals surface area contributed by atoms with Crippen LogP contribution in [-0.4, -0.2) is 35.1 Å². The van der Waals surface area contributed by atoms with E-state index < -0.39 is 0 Å². The number of fused-ring (bicyclic) bond motifs is 2. The van der Waals surface area contributed by atoms with Crippen LogP contribution in [0.4, 0.5) is 5.82 Å². The van der Waals surface area contributed by atoms with Gasteiger partial charge in [-0.3, -0.25) is 4.79 Å². The summed E-state index contributed by atoms with van der Waals surface area (Å²) < 4.78 is 0.684. The van der Waals surface area contributed by atoms with Crippen molar-refractivity contribution in [3.05, 3.63) is 20.3 Å². The van der Waals surface area contributed by atoms with E-state index in [2.05, 4.69) is 49.8 Å². The maximum absolute atomic E-state index is 11.6. The Labute approximate surface area is 120 Å². The van der Waals surface area contributed by atoms with Gasteiger partial charge in [-0.05, 0) is 48.3 Å². The van der Waals surface area contributed by atoms with Gasteiger partial charge >= 0.3 is 0 Å². The molecule has 0 amide bonds. The summed E-state index contributed by atoms with van der Waals surface area (Å²) in [7, 11) is 2.05. The van der Waals surface area contributed by atoms with Crippen molar-refractivity contribution in [2.24, 2.45) is 0 Å². The third-order valence-corrected chi connectivity index (χ3v) is 5.08. The number of hydrogen-bond acceptors (Lipinski definition) is 4. The lowest BCUT2D eigenvalue weighted by molar-refractivity contribution is 0.353. The van der Waals surface area contributed by atoms with Crippen LogP contribution in [0.3, 0.4) is 0 Å². The van der Waals surface area contributed by atoms with E-state index in [1.807, 2.05) is 0 Å². The van der Waals surface area contributed by atoms with E-state index in [-0.39, 0.29) is 5.56 Å². The highest BCUT2D eigenvalue weighted by molar-refractivity contribution is 14.1. The number of aromatic amines is 1. The predicted octanol–water partition coefficient (Wildman–Crippen LogP) is 1.09. The zero-order valence-corrected chi connectivity index (χ0v) is 12.5. The molecule has 2 unspecified atom stereocenters. The van der Waals surface area contributed by atoms with Crippen LogP contribution in [0.2, 0.25) is 0 Å². The van der Waals surface area contributed by atoms with E-state index >= 15 is 0 Å². The lowest BCUT2D eigenvalue weighted by Gasteiger charge is -2.36. The number of anilines is 1. The fraction of sp³-hybridized carbons (Fsp3) is 0.667. The average Bonchev–Trinajstić information content (AvgIpc) is 2.71. The number of piperidine rings is 1. The number of nitrogens with one attached hydrogen (secondary N) is 2. The van der Waals surface area contributed by atoms with Gasteiger partial charge in [-0.1, -0.05) is 0 Å². The molecule has 5 nitrogen and oxygen atoms in total. The second kappa shape index (κ2) is 4.80. The number of hydrogen-bond donors (Lipinski definition) is 2. The molecule has 18 heavy (non-hydrogen) atoms. The normalized spacial score (nSPS) is 30.4. The van der Waals surface area contributed by atoms with Crippen molar-refractivity contribution in [3.8, 4) is 0 Å². The van der Waals surface area contributed by atoms with Crippen molar-refractivity contribution in [2.45, 2.75) is 43.8 Å². The lowest BCUT2D eigenvalue weighted by atomic mass is 9.98. The summed E-state index contributed by atoms with van der Waals surface area (Å²) in [5, 5.41) is 3.64. The molecule has 0 radical (unpaired) electrons. The van der Waals surface area contributed by atoms with Gasteiger partial charge in [0.2, 0.25) is 0 Å². The first-order chi connectivity index (χ1) is 8.65. The maximum Gasteiger partial charge on any atom is 0.266 e. The molecule has 0 aliphatic carbocycles. The molecule has 2 atom stereocenters. The number of rotatable bonds is 2. The standard InChI is InChI=1S/C12H17IN4O/c1-17(11-10(13)12(18)15-6-14-11)9-4-7-2-3-8(5-9)16-7/h6-9,16H,2-5H2,1H3,(H,14,15,18). The van der Waals surface area contributed by atoms with E-state index in [0.29, 0.717) is 21.7 Å². The third kappa shape index (κ3) is 2.16. The molecule has 0 aromatic carbocycles. The minimum Gasteiger partial charge on any atom is -0.355 e. The molecule has 2 fully saturated rings. The number of nitrogens with zero attached hydrogens (tertiary/aromatic N) is 2. The van der Waals surface area contributed by atoms with Gasteiger partial charge in [0.15, 0.2) is 0 Å². The first-order valence-corrected chi connectivity index (χ1v) is 7.45. The Morgan fingerprint density at radius 2 is 2.06 bits per heavy atom. The fourth-order valence-electron chi connectivity index (χ4n) is 3.14. The summed E-state index contributed by atoms with van der Waals surface area (Å²) in [6.45, 7) is 0. The van der Waals surface area contributed by atoms with E-state index in [1.165, 1.54) is 19.2 Å². The summed E-state index contributed by atoms with van der Waals surface area (Å²) >= 11 is 2.08. The Morgan fingerprint density at radius 1 is 1.39 bits per heavy atom. The van der Waals surface area contributed by atoms with E-state index in [0.717, 1.165) is 18.7 Å². The quantitative estimate of drug-likeness (QED) is 0.776. The molecule has 3 rings (SSSR count). The Morgan fingerprint density at radius 3 is 2.72 bits per heavy atom. The van der Waals surface area contributed by atoms with Crippen molar-refractivity contribution in [1.29, 1.82) is 0 Å². The number of aromatic nitrogens is 2. The minimum absolute atomic E-state index is 0.0515. The highest BCUT2D eigenvalue weighted by Crippen LogP contribution is 2.31. The summed E-state index contributed by atoms with van der Waals surface area (Å²) in [6, 6.07) is 1.79. The van der Waals surface area contributed by atoms with Crippen molar-refractivity contribution >= 4 is 28.4 Å². The molecule has 0 spiro atoms. The molecule has 2 saturated heterocycles. The van der Waals surface area contributed by atoms with Gasteiger partial charge in [-0.15, -0.1) is 0 Å². The Balaban J connectivity index is 1.84. The van der Waals surface area contributed by atoms with E-state index in [1.54, 1.807) is 0 Å². The number of H-pyrrole nitrogens is 1. The highest BCUT2D eigenvalue weighted by atomic mass is 127. The van der Waals surface area contributed by atoms with Gasteiger partial charge in [0, 0.05) is 25.2 Å². The minimum atomic E-state index is -0.0515. The monoisotopic (exact) mass is 360 g/mol. The van der Waals surface area contributed by atoms with Gasteiger partial charge in [-0.25, -0.2) is 4.98 Å². The van der Waals surface area contributed by atoms with Crippen molar-refractivity contribution < 1.29 is 0 Å². The first kappa shape index (κ1) is 12.4. The van der Waals surface area contributed by atoms with Crippen LogP contribution in [-0.2, 0) is 0 Å². The molecule has 2 N–H and O–H groups in total. The summed E-state index contributed by atoms with van der Waals surface area (Å²) in [4.78, 5) is 20.8. The van der Waals surface area contributed by atoms with Gasteiger partial charge < -0.3 is 15.2 Å². The predicted molar refractivity (Wildman–Crippen MR) is 78.9 cm³/mol. The van der Waals surface area contributed by atoms with Gasteiger partial charge in [0.1, 0.15) is 9.39 Å². The van der Waals surface area contributed by atoms with Crippen LogP contribution in [0, 0.1) is 3.57 Å². The zero-order valence-electron chi connectivity index (χ0n) is 10.3. The lowest BCUT2D eigenvalue weighted by Crippen LogP contribution is -2.47. The van der Waals surface area contributed by atoms with Crippen LogP contribution in [0.15, 0.2) is 11.1 Å². The van der Waals surface area contributed by atoms with Crippen LogP contribution < -0.4 is 15.8 Å². The highest BCUT2D eigenvalue weighted by Gasteiger charge is 2.35. The average molecular weight is 360 g/mol. The van der Waals surface area contributed by atoms with Crippen molar-refractivity contribution in [2.75, 3.05) is 11.9 Å². The van der Waals surface area contributed by atoms with E-state index in [4.69, 9.17) is 0 Å². The molecule has 1 aromatic heterocycles. The van der Waals surface area contributed by atoms with Gasteiger partial charge in [0.05, 0.1) is 6.33 Å². The van der Waals surface area contributed by atoms with Gasteiger partial charge in [0.25, 0.3) is 5.56 Å². The second-order valence-electron chi connectivity index (χ2n) is 5.24. The molecule has 6 heteroatoms. The molecule has 2 aliphatic rings. The molecular weight excluding hydrogens is 343 g/mol. The topological polar surface area (TPSA) is 61.0 Å². The SMILES string of the molecule is CN(c1nc[nH]c(=O)c1I)C1CC2CCC(C1)N2. The Bertz CT molecular complexity index is 491. The van der Waals surface area contributed by atoms with Crippen LogP contribution in [0.25, 0.3) is 0 Å².